The maximum absolute atomic E-state index is 13.2. The second-order valence-electron chi connectivity index (χ2n) is 4.34. The van der Waals surface area contributed by atoms with E-state index < -0.39 is 5.97 Å². The summed E-state index contributed by atoms with van der Waals surface area (Å²) in [5.74, 6) is -1.69. The first kappa shape index (κ1) is 13.9. The largest absolute Gasteiger partial charge is 0.550 e. The van der Waals surface area contributed by atoms with Crippen molar-refractivity contribution >= 4 is 23.6 Å². The molecule has 1 aromatic rings. The number of carbonyl (C=O) groups is 2. The third-order valence-corrected chi connectivity index (χ3v) is 4.33. The molecule has 1 aliphatic rings. The molecular formula is C13H13FNO3S-. The van der Waals surface area contributed by atoms with E-state index >= 15 is 0 Å². The Morgan fingerprint density at radius 2 is 2.26 bits per heavy atom. The van der Waals surface area contributed by atoms with Crippen molar-refractivity contribution in [1.29, 1.82) is 0 Å². The van der Waals surface area contributed by atoms with Crippen LogP contribution in [0.5, 0.6) is 0 Å². The van der Waals surface area contributed by atoms with E-state index in [4.69, 9.17) is 0 Å². The van der Waals surface area contributed by atoms with E-state index in [2.05, 4.69) is 0 Å². The minimum absolute atomic E-state index is 0.0830. The summed E-state index contributed by atoms with van der Waals surface area (Å²) in [7, 11) is 0. The monoisotopic (exact) mass is 282 g/mol. The molecule has 0 saturated carbocycles. The van der Waals surface area contributed by atoms with E-state index in [9.17, 15) is 19.1 Å². The highest BCUT2D eigenvalue weighted by molar-refractivity contribution is 8.01. The Hall–Kier alpha value is -1.56. The van der Waals surface area contributed by atoms with Crippen molar-refractivity contribution in [2.45, 2.75) is 24.0 Å². The summed E-state index contributed by atoms with van der Waals surface area (Å²) in [6, 6.07) is 6.02. The number of hydrogen-bond donors (Lipinski definition) is 0. The summed E-state index contributed by atoms with van der Waals surface area (Å²) in [6.07, 6.45) is -0.217. The normalized spacial score (nSPS) is 22.8. The number of benzene rings is 1. The molecule has 4 nitrogen and oxygen atoms in total. The molecule has 0 N–H and O–H groups in total. The van der Waals surface area contributed by atoms with Crippen molar-refractivity contribution in [2.75, 3.05) is 6.54 Å². The van der Waals surface area contributed by atoms with Crippen molar-refractivity contribution in [3.8, 4) is 0 Å². The molecule has 0 unspecified atom stereocenters. The minimum Gasteiger partial charge on any atom is -0.550 e. The average molecular weight is 282 g/mol. The standard InChI is InChI=1S/C13H14FNO3S/c1-8-12(18)15(6-5-11(16)17)13(19-8)9-3-2-4-10(14)7-9/h2-4,7-8,13H,5-6H2,1H3,(H,16,17)/p-1/t8-,13-/m0/s1. The van der Waals surface area contributed by atoms with Crippen LogP contribution in [0.25, 0.3) is 0 Å². The molecule has 0 aromatic heterocycles. The highest BCUT2D eigenvalue weighted by Gasteiger charge is 2.38. The lowest BCUT2D eigenvalue weighted by atomic mass is 10.2. The van der Waals surface area contributed by atoms with Crippen LogP contribution in [0.2, 0.25) is 0 Å². The Morgan fingerprint density at radius 1 is 1.53 bits per heavy atom. The number of carboxylic acid groups (broad SMARTS) is 1. The lowest BCUT2D eigenvalue weighted by Crippen LogP contribution is -2.35. The predicted molar refractivity (Wildman–Crippen MR) is 67.5 cm³/mol. The summed E-state index contributed by atoms with van der Waals surface area (Å²) in [5.41, 5.74) is 0.668. The van der Waals surface area contributed by atoms with Crippen LogP contribution in [0, 0.1) is 5.82 Å². The number of aliphatic carboxylic acids is 1. The van der Waals surface area contributed by atoms with Gasteiger partial charge < -0.3 is 14.8 Å². The number of carbonyl (C=O) groups excluding carboxylic acids is 2. The number of rotatable bonds is 4. The maximum Gasteiger partial charge on any atom is 0.236 e. The third-order valence-electron chi connectivity index (χ3n) is 2.94. The summed E-state index contributed by atoms with van der Waals surface area (Å²) in [5, 5.41) is 9.94. The fourth-order valence-electron chi connectivity index (χ4n) is 2.03. The second-order valence-corrected chi connectivity index (χ2v) is 5.77. The van der Waals surface area contributed by atoms with Gasteiger partial charge in [-0.25, -0.2) is 4.39 Å². The van der Waals surface area contributed by atoms with Crippen molar-refractivity contribution < 1.29 is 19.1 Å². The van der Waals surface area contributed by atoms with Gasteiger partial charge >= 0.3 is 0 Å². The quantitative estimate of drug-likeness (QED) is 0.824. The van der Waals surface area contributed by atoms with Gasteiger partial charge in [-0.3, -0.25) is 4.79 Å². The Kier molecular flexibility index (Phi) is 4.09. The highest BCUT2D eigenvalue weighted by Crippen LogP contribution is 2.42. The molecule has 0 bridgehead atoms. The minimum atomic E-state index is -1.20. The fraction of sp³-hybridized carbons (Fsp3) is 0.385. The van der Waals surface area contributed by atoms with E-state index in [0.717, 1.165) is 0 Å². The Labute approximate surface area is 114 Å². The fourth-order valence-corrected chi connectivity index (χ4v) is 3.33. The molecule has 1 heterocycles. The van der Waals surface area contributed by atoms with Gasteiger partial charge in [0.25, 0.3) is 0 Å². The van der Waals surface area contributed by atoms with Gasteiger partial charge in [0.05, 0.1) is 5.25 Å². The van der Waals surface area contributed by atoms with Crippen LogP contribution in [0.4, 0.5) is 4.39 Å². The van der Waals surface area contributed by atoms with E-state index in [-0.39, 0.29) is 35.3 Å². The molecule has 1 aliphatic heterocycles. The van der Waals surface area contributed by atoms with Crippen molar-refractivity contribution in [1.82, 2.24) is 4.90 Å². The molecule has 19 heavy (non-hydrogen) atoms. The molecular weight excluding hydrogens is 269 g/mol. The molecule has 1 amide bonds. The van der Waals surface area contributed by atoms with Gasteiger partial charge in [-0.2, -0.15) is 0 Å². The Bertz CT molecular complexity index is 508. The molecule has 1 saturated heterocycles. The van der Waals surface area contributed by atoms with Crippen LogP contribution in [-0.4, -0.2) is 28.6 Å². The summed E-state index contributed by atoms with van der Waals surface area (Å²) >= 11 is 1.39. The van der Waals surface area contributed by atoms with E-state index in [1.54, 1.807) is 19.1 Å². The smallest absolute Gasteiger partial charge is 0.236 e. The Morgan fingerprint density at radius 3 is 2.89 bits per heavy atom. The third kappa shape index (κ3) is 3.07. The molecule has 6 heteroatoms. The number of thioether (sulfide) groups is 1. The first-order chi connectivity index (χ1) is 8.99. The van der Waals surface area contributed by atoms with Crippen LogP contribution in [0.1, 0.15) is 24.3 Å². The van der Waals surface area contributed by atoms with Gasteiger partial charge in [0, 0.05) is 18.9 Å². The van der Waals surface area contributed by atoms with Gasteiger partial charge in [-0.15, -0.1) is 11.8 Å². The molecule has 2 rings (SSSR count). The molecule has 0 spiro atoms. The molecule has 102 valence electrons. The van der Waals surface area contributed by atoms with Gasteiger partial charge in [-0.05, 0) is 24.6 Å². The van der Waals surface area contributed by atoms with E-state index in [1.807, 2.05) is 0 Å². The van der Waals surface area contributed by atoms with Crippen LogP contribution in [0.3, 0.4) is 0 Å². The second kappa shape index (κ2) is 5.61. The van der Waals surface area contributed by atoms with E-state index in [0.29, 0.717) is 5.56 Å². The summed E-state index contributed by atoms with van der Waals surface area (Å²) in [6.45, 7) is 1.85. The van der Waals surface area contributed by atoms with Gasteiger partial charge in [0.1, 0.15) is 11.2 Å². The van der Waals surface area contributed by atoms with Gasteiger partial charge in [-0.1, -0.05) is 12.1 Å². The maximum atomic E-state index is 13.2. The van der Waals surface area contributed by atoms with Crippen molar-refractivity contribution in [3.05, 3.63) is 35.6 Å². The first-order valence-corrected chi connectivity index (χ1v) is 6.84. The summed E-state index contributed by atoms with van der Waals surface area (Å²) < 4.78 is 13.2. The molecule has 1 aromatic carbocycles. The van der Waals surface area contributed by atoms with Crippen LogP contribution in [0.15, 0.2) is 24.3 Å². The van der Waals surface area contributed by atoms with Crippen molar-refractivity contribution in [3.63, 3.8) is 0 Å². The zero-order chi connectivity index (χ0) is 14.0. The van der Waals surface area contributed by atoms with Gasteiger partial charge in [0.2, 0.25) is 5.91 Å². The number of halogens is 1. The van der Waals surface area contributed by atoms with E-state index in [1.165, 1.54) is 28.8 Å². The predicted octanol–water partition coefficient (Wildman–Crippen LogP) is 0.928. The van der Waals surface area contributed by atoms with Gasteiger partial charge in [0.15, 0.2) is 0 Å². The van der Waals surface area contributed by atoms with Crippen LogP contribution >= 0.6 is 11.8 Å². The first-order valence-electron chi connectivity index (χ1n) is 5.90. The number of carboxylic acids is 1. The topological polar surface area (TPSA) is 60.4 Å². The van der Waals surface area contributed by atoms with Crippen LogP contribution in [-0.2, 0) is 9.59 Å². The number of amides is 1. The number of hydrogen-bond acceptors (Lipinski definition) is 4. The van der Waals surface area contributed by atoms with Crippen molar-refractivity contribution in [2.24, 2.45) is 0 Å². The molecule has 2 atom stereocenters. The molecule has 0 radical (unpaired) electrons. The molecule has 0 aliphatic carbocycles. The SMILES string of the molecule is C[C@@H]1S[C@@H](c2cccc(F)c2)N(CCC(=O)[O-])C1=O. The lowest BCUT2D eigenvalue weighted by molar-refractivity contribution is -0.305. The summed E-state index contributed by atoms with van der Waals surface area (Å²) in [4.78, 5) is 24.0. The lowest BCUT2D eigenvalue weighted by Gasteiger charge is -2.24. The zero-order valence-electron chi connectivity index (χ0n) is 10.3. The van der Waals surface area contributed by atoms with Crippen LogP contribution < -0.4 is 5.11 Å². The number of nitrogens with zero attached hydrogens (tertiary/aromatic N) is 1. The Balaban J connectivity index is 2.22. The highest BCUT2D eigenvalue weighted by atomic mass is 32.2. The average Bonchev–Trinajstić information content (AvgIpc) is 2.63. The zero-order valence-corrected chi connectivity index (χ0v) is 11.2. The molecule has 1 fully saturated rings.